The van der Waals surface area contributed by atoms with Crippen molar-refractivity contribution >= 4 is 22.5 Å². The molecule has 0 unspecified atom stereocenters. The third-order valence-electron chi connectivity index (χ3n) is 3.21. The van der Waals surface area contributed by atoms with E-state index in [1.807, 2.05) is 24.3 Å². The van der Waals surface area contributed by atoms with Gasteiger partial charge in [0.2, 0.25) is 5.91 Å². The molecule has 104 valence electrons. The molecule has 0 spiro atoms. The summed E-state index contributed by atoms with van der Waals surface area (Å²) < 4.78 is 0. The van der Waals surface area contributed by atoms with Crippen molar-refractivity contribution in [3.63, 3.8) is 0 Å². The van der Waals surface area contributed by atoms with Crippen LogP contribution in [0, 0.1) is 6.92 Å². The topological polar surface area (TPSA) is 54.9 Å². The fraction of sp³-hybridized carbons (Fsp3) is 0.118. The number of hydrogen-bond donors (Lipinski definition) is 1. The molecular weight excluding hydrogens is 262 g/mol. The van der Waals surface area contributed by atoms with E-state index in [-0.39, 0.29) is 12.3 Å². The van der Waals surface area contributed by atoms with Gasteiger partial charge in [-0.25, -0.2) is 0 Å². The first-order valence-electron chi connectivity index (χ1n) is 6.77. The third-order valence-corrected chi connectivity index (χ3v) is 3.21. The first-order chi connectivity index (χ1) is 10.2. The van der Waals surface area contributed by atoms with Crippen molar-refractivity contribution in [1.29, 1.82) is 0 Å². The van der Waals surface area contributed by atoms with Gasteiger partial charge in [-0.3, -0.25) is 14.8 Å². The molecule has 1 N–H and O–H groups in total. The predicted octanol–water partition coefficient (Wildman–Crippen LogP) is 3.12. The summed E-state index contributed by atoms with van der Waals surface area (Å²) in [6.07, 6.45) is 3.55. The van der Waals surface area contributed by atoms with E-state index in [9.17, 15) is 4.79 Å². The van der Waals surface area contributed by atoms with Crippen molar-refractivity contribution in [2.45, 2.75) is 13.3 Å². The lowest BCUT2D eigenvalue weighted by Crippen LogP contribution is -2.15. The van der Waals surface area contributed by atoms with Gasteiger partial charge in [-0.15, -0.1) is 0 Å². The fourth-order valence-corrected chi connectivity index (χ4v) is 2.19. The molecule has 1 amide bonds. The number of hydrogen-bond acceptors (Lipinski definition) is 3. The zero-order chi connectivity index (χ0) is 14.7. The molecule has 0 saturated carbocycles. The number of carbonyl (C=O) groups is 1. The fourth-order valence-electron chi connectivity index (χ4n) is 2.19. The van der Waals surface area contributed by atoms with Gasteiger partial charge in [0.15, 0.2) is 0 Å². The molecule has 0 radical (unpaired) electrons. The summed E-state index contributed by atoms with van der Waals surface area (Å²) in [5.41, 5.74) is 3.62. The quantitative estimate of drug-likeness (QED) is 0.800. The number of aryl methyl sites for hydroxylation is 1. The van der Waals surface area contributed by atoms with Crippen molar-refractivity contribution in [2.75, 3.05) is 5.32 Å². The first-order valence-corrected chi connectivity index (χ1v) is 6.77. The number of carbonyl (C=O) groups excluding carboxylic acids is 1. The largest absolute Gasteiger partial charge is 0.326 e. The molecule has 0 bridgehead atoms. The average Bonchev–Trinajstić information content (AvgIpc) is 2.48. The summed E-state index contributed by atoms with van der Waals surface area (Å²) in [6.45, 7) is 2.05. The average molecular weight is 277 g/mol. The van der Waals surface area contributed by atoms with Gasteiger partial charge in [0.25, 0.3) is 0 Å². The summed E-state index contributed by atoms with van der Waals surface area (Å²) in [4.78, 5) is 20.4. The highest BCUT2D eigenvalue weighted by atomic mass is 16.1. The van der Waals surface area contributed by atoms with Gasteiger partial charge in [-0.1, -0.05) is 17.7 Å². The number of amides is 1. The van der Waals surface area contributed by atoms with Crippen LogP contribution in [0.4, 0.5) is 5.69 Å². The van der Waals surface area contributed by atoms with Gasteiger partial charge in [0.1, 0.15) is 0 Å². The Morgan fingerprint density at radius 2 is 1.90 bits per heavy atom. The van der Waals surface area contributed by atoms with E-state index in [0.29, 0.717) is 0 Å². The number of rotatable bonds is 3. The van der Waals surface area contributed by atoms with Crippen molar-refractivity contribution in [2.24, 2.45) is 0 Å². The lowest BCUT2D eigenvalue weighted by atomic mass is 10.1. The van der Waals surface area contributed by atoms with Crippen molar-refractivity contribution in [3.8, 4) is 0 Å². The van der Waals surface area contributed by atoms with Crippen LogP contribution in [-0.2, 0) is 11.2 Å². The minimum absolute atomic E-state index is 0.0832. The molecule has 3 aromatic rings. The molecule has 0 saturated heterocycles. The number of aromatic nitrogens is 2. The van der Waals surface area contributed by atoms with E-state index in [1.165, 1.54) is 5.56 Å². The molecular formula is C17H15N3O. The highest BCUT2D eigenvalue weighted by Gasteiger charge is 2.06. The van der Waals surface area contributed by atoms with Crippen LogP contribution >= 0.6 is 0 Å². The Kier molecular flexibility index (Phi) is 3.60. The Bertz CT molecular complexity index is 784. The molecule has 1 aromatic carbocycles. The Labute approximate surface area is 122 Å². The van der Waals surface area contributed by atoms with E-state index < -0.39 is 0 Å². The highest BCUT2D eigenvalue weighted by molar-refractivity contribution is 5.92. The Morgan fingerprint density at radius 3 is 2.71 bits per heavy atom. The molecule has 4 heteroatoms. The van der Waals surface area contributed by atoms with E-state index in [0.717, 1.165) is 22.3 Å². The van der Waals surface area contributed by atoms with Crippen molar-refractivity contribution in [1.82, 2.24) is 9.97 Å². The Morgan fingerprint density at radius 1 is 1.10 bits per heavy atom. The predicted molar refractivity (Wildman–Crippen MR) is 83.1 cm³/mol. The van der Waals surface area contributed by atoms with Gasteiger partial charge < -0.3 is 5.32 Å². The minimum atomic E-state index is -0.0832. The van der Waals surface area contributed by atoms with Crippen LogP contribution in [0.15, 0.2) is 54.9 Å². The van der Waals surface area contributed by atoms with Gasteiger partial charge in [0, 0.05) is 23.5 Å². The van der Waals surface area contributed by atoms with Crippen molar-refractivity contribution in [3.05, 3.63) is 66.1 Å². The van der Waals surface area contributed by atoms with Crippen LogP contribution in [0.3, 0.4) is 0 Å². The van der Waals surface area contributed by atoms with Gasteiger partial charge in [0.05, 0.1) is 17.6 Å². The lowest BCUT2D eigenvalue weighted by molar-refractivity contribution is -0.115. The van der Waals surface area contributed by atoms with Crippen LogP contribution in [0.25, 0.3) is 10.9 Å². The maximum atomic E-state index is 12.0. The van der Waals surface area contributed by atoms with E-state index in [1.54, 1.807) is 24.5 Å². The summed E-state index contributed by atoms with van der Waals surface area (Å²) in [5, 5.41) is 3.92. The highest BCUT2D eigenvalue weighted by Crippen LogP contribution is 2.15. The monoisotopic (exact) mass is 277 g/mol. The second kappa shape index (κ2) is 5.71. The van der Waals surface area contributed by atoms with E-state index in [2.05, 4.69) is 28.3 Å². The smallest absolute Gasteiger partial charge is 0.230 e. The number of nitrogens with zero attached hydrogens (tertiary/aromatic N) is 2. The lowest BCUT2D eigenvalue weighted by Gasteiger charge is -2.06. The SMILES string of the molecule is Cc1ccc2nc(CC(=O)Nc3ccncc3)ccc2c1. The normalized spacial score (nSPS) is 10.5. The van der Waals surface area contributed by atoms with Gasteiger partial charge >= 0.3 is 0 Å². The Balaban J connectivity index is 1.75. The third kappa shape index (κ3) is 3.23. The molecule has 0 aliphatic carbocycles. The van der Waals surface area contributed by atoms with Crippen LogP contribution in [0.2, 0.25) is 0 Å². The zero-order valence-electron chi connectivity index (χ0n) is 11.7. The molecule has 21 heavy (non-hydrogen) atoms. The first kappa shape index (κ1) is 13.2. The molecule has 0 aliphatic rings. The standard InChI is InChI=1S/C17H15N3O/c1-12-2-5-16-13(10-12)3-4-15(19-16)11-17(21)20-14-6-8-18-9-7-14/h2-10H,11H2,1H3,(H,18,20,21). The van der Waals surface area contributed by atoms with E-state index >= 15 is 0 Å². The van der Waals surface area contributed by atoms with Crippen LogP contribution in [-0.4, -0.2) is 15.9 Å². The number of benzene rings is 1. The summed E-state index contributed by atoms with van der Waals surface area (Å²) in [7, 11) is 0. The van der Waals surface area contributed by atoms with Gasteiger partial charge in [-0.2, -0.15) is 0 Å². The number of anilines is 1. The second-order valence-corrected chi connectivity index (χ2v) is 4.96. The van der Waals surface area contributed by atoms with Crippen molar-refractivity contribution < 1.29 is 4.79 Å². The number of nitrogens with one attached hydrogen (secondary N) is 1. The molecule has 2 heterocycles. The van der Waals surface area contributed by atoms with E-state index in [4.69, 9.17) is 0 Å². The number of fused-ring (bicyclic) bond motifs is 1. The molecule has 4 nitrogen and oxygen atoms in total. The van der Waals surface area contributed by atoms with Crippen LogP contribution in [0.1, 0.15) is 11.3 Å². The van der Waals surface area contributed by atoms with Crippen LogP contribution < -0.4 is 5.32 Å². The van der Waals surface area contributed by atoms with Gasteiger partial charge in [-0.05, 0) is 37.3 Å². The summed E-state index contributed by atoms with van der Waals surface area (Å²) in [5.74, 6) is -0.0832. The minimum Gasteiger partial charge on any atom is -0.326 e. The second-order valence-electron chi connectivity index (χ2n) is 4.96. The molecule has 0 atom stereocenters. The Hall–Kier alpha value is -2.75. The molecule has 0 aliphatic heterocycles. The van der Waals surface area contributed by atoms with Crippen LogP contribution in [0.5, 0.6) is 0 Å². The summed E-state index contributed by atoms with van der Waals surface area (Å²) >= 11 is 0. The molecule has 2 aromatic heterocycles. The summed E-state index contributed by atoms with van der Waals surface area (Å²) in [6, 6.07) is 13.5. The molecule has 0 fully saturated rings. The number of pyridine rings is 2. The zero-order valence-corrected chi connectivity index (χ0v) is 11.7. The maximum Gasteiger partial charge on any atom is 0.230 e. The maximum absolute atomic E-state index is 12.0. The molecule has 3 rings (SSSR count).